The molecule has 4 rings (SSSR count). The number of hydrogen-bond donors (Lipinski definition) is 0. The Morgan fingerprint density at radius 3 is 2.67 bits per heavy atom. The summed E-state index contributed by atoms with van der Waals surface area (Å²) in [6.07, 6.45) is 0.932. The van der Waals surface area contributed by atoms with Crippen LogP contribution in [0.3, 0.4) is 0 Å². The number of pyridine rings is 1. The molecule has 0 aliphatic heterocycles. The van der Waals surface area contributed by atoms with Crippen LogP contribution in [-0.4, -0.2) is 34.1 Å². The average Bonchev–Trinajstić information content (AvgIpc) is 3.11. The fraction of sp³-hybridized carbons (Fsp3) is 0.238. The summed E-state index contributed by atoms with van der Waals surface area (Å²) in [6, 6.07) is 18.1. The van der Waals surface area contributed by atoms with Gasteiger partial charge in [-0.3, -0.25) is 4.40 Å². The van der Waals surface area contributed by atoms with E-state index in [2.05, 4.69) is 33.7 Å². The second-order valence-electron chi connectivity index (χ2n) is 6.25. The first-order chi connectivity index (χ1) is 13.3. The highest BCUT2D eigenvalue weighted by atomic mass is 32.2. The second-order valence-corrected chi connectivity index (χ2v) is 7.31. The second kappa shape index (κ2) is 7.88. The van der Waals surface area contributed by atoms with Crippen molar-refractivity contribution in [3.05, 3.63) is 60.2 Å². The van der Waals surface area contributed by atoms with Crippen molar-refractivity contribution >= 4 is 28.3 Å². The number of hydrogen-bond acceptors (Lipinski definition) is 5. The molecule has 0 radical (unpaired) electrons. The zero-order chi connectivity index (χ0) is 18.6. The number of ether oxygens (including phenoxy) is 2. The van der Waals surface area contributed by atoms with E-state index in [0.717, 1.165) is 40.0 Å². The molecular formula is C21H21N3O2S. The van der Waals surface area contributed by atoms with E-state index in [9.17, 15) is 0 Å². The zero-order valence-electron chi connectivity index (χ0n) is 15.4. The average molecular weight is 379 g/mol. The molecule has 0 saturated carbocycles. The van der Waals surface area contributed by atoms with Gasteiger partial charge in [-0.25, -0.2) is 0 Å². The maximum atomic E-state index is 5.76. The van der Waals surface area contributed by atoms with Gasteiger partial charge in [0.25, 0.3) is 0 Å². The number of para-hydroxylation sites is 1. The number of rotatable bonds is 7. The Morgan fingerprint density at radius 2 is 1.85 bits per heavy atom. The van der Waals surface area contributed by atoms with Gasteiger partial charge in [-0.2, -0.15) is 0 Å². The third kappa shape index (κ3) is 3.71. The molecule has 5 nitrogen and oxygen atoms in total. The minimum Gasteiger partial charge on any atom is -0.497 e. The molecule has 2 aromatic heterocycles. The molecule has 0 fully saturated rings. The summed E-state index contributed by atoms with van der Waals surface area (Å²) in [6.45, 7) is 2.78. The van der Waals surface area contributed by atoms with Crippen molar-refractivity contribution in [3.63, 3.8) is 0 Å². The minimum absolute atomic E-state index is 0.682. The number of methoxy groups -OCH3 is 1. The van der Waals surface area contributed by atoms with E-state index in [0.29, 0.717) is 6.61 Å². The molecule has 0 N–H and O–H groups in total. The largest absolute Gasteiger partial charge is 0.497 e. The van der Waals surface area contributed by atoms with Crippen molar-refractivity contribution in [1.29, 1.82) is 0 Å². The molecule has 0 aliphatic rings. The van der Waals surface area contributed by atoms with Crippen LogP contribution in [0.4, 0.5) is 0 Å². The Balaban J connectivity index is 1.51. The molecule has 4 aromatic rings. The van der Waals surface area contributed by atoms with Crippen molar-refractivity contribution in [2.24, 2.45) is 0 Å². The Hall–Kier alpha value is -2.73. The van der Waals surface area contributed by atoms with Gasteiger partial charge in [0, 0.05) is 17.2 Å². The van der Waals surface area contributed by atoms with Crippen LogP contribution in [0.15, 0.2) is 59.8 Å². The third-order valence-electron chi connectivity index (χ3n) is 4.41. The fourth-order valence-corrected chi connectivity index (χ4v) is 3.92. The molecule has 27 heavy (non-hydrogen) atoms. The summed E-state index contributed by atoms with van der Waals surface area (Å²) in [5, 5.41) is 10.8. The number of benzene rings is 2. The van der Waals surface area contributed by atoms with Crippen LogP contribution >= 0.6 is 11.8 Å². The Kier molecular flexibility index (Phi) is 5.16. The predicted molar refractivity (Wildman–Crippen MR) is 109 cm³/mol. The van der Waals surface area contributed by atoms with Crippen LogP contribution < -0.4 is 9.47 Å². The first kappa shape index (κ1) is 17.7. The molecule has 0 amide bonds. The van der Waals surface area contributed by atoms with Crippen LogP contribution in [0.25, 0.3) is 16.6 Å². The standard InChI is InChI=1S/C21H21N3O2S/c1-15-13-20-22-23-21(24(20)19-14-17(25-2)9-10-18(15)19)27-12-6-11-26-16-7-4-3-5-8-16/h3-5,7-10,13-14H,6,11-12H2,1-2H3. The quantitative estimate of drug-likeness (QED) is 0.342. The number of thioether (sulfide) groups is 1. The molecule has 2 aromatic carbocycles. The van der Waals surface area contributed by atoms with E-state index in [1.165, 1.54) is 10.9 Å². The molecule has 138 valence electrons. The van der Waals surface area contributed by atoms with Crippen LogP contribution in [0, 0.1) is 6.92 Å². The van der Waals surface area contributed by atoms with Crippen LogP contribution in [0.1, 0.15) is 12.0 Å². The molecule has 0 unspecified atom stereocenters. The zero-order valence-corrected chi connectivity index (χ0v) is 16.2. The van der Waals surface area contributed by atoms with Crippen molar-refractivity contribution in [2.45, 2.75) is 18.5 Å². The molecule has 2 heterocycles. The first-order valence-electron chi connectivity index (χ1n) is 8.89. The van der Waals surface area contributed by atoms with Crippen LogP contribution in [-0.2, 0) is 0 Å². The van der Waals surface area contributed by atoms with Gasteiger partial charge >= 0.3 is 0 Å². The van der Waals surface area contributed by atoms with E-state index >= 15 is 0 Å². The maximum Gasteiger partial charge on any atom is 0.196 e. The van der Waals surface area contributed by atoms with Gasteiger partial charge < -0.3 is 9.47 Å². The molecule has 0 spiro atoms. The molecule has 0 saturated heterocycles. The summed E-state index contributed by atoms with van der Waals surface area (Å²) in [5.41, 5.74) is 3.11. The minimum atomic E-state index is 0.682. The smallest absolute Gasteiger partial charge is 0.196 e. The predicted octanol–water partition coefficient (Wildman–Crippen LogP) is 4.76. The number of fused-ring (bicyclic) bond motifs is 3. The molecule has 6 heteroatoms. The van der Waals surface area contributed by atoms with Gasteiger partial charge in [0.2, 0.25) is 0 Å². The van der Waals surface area contributed by atoms with Crippen molar-refractivity contribution in [3.8, 4) is 11.5 Å². The van der Waals surface area contributed by atoms with Gasteiger partial charge in [-0.1, -0.05) is 30.0 Å². The lowest BCUT2D eigenvalue weighted by Gasteiger charge is -2.09. The van der Waals surface area contributed by atoms with Crippen LogP contribution in [0.5, 0.6) is 11.5 Å². The van der Waals surface area contributed by atoms with E-state index in [-0.39, 0.29) is 0 Å². The van der Waals surface area contributed by atoms with E-state index < -0.39 is 0 Å². The topological polar surface area (TPSA) is 48.7 Å². The molecule has 0 aliphatic carbocycles. The molecular weight excluding hydrogens is 358 g/mol. The molecule has 0 bridgehead atoms. The number of nitrogens with zero attached hydrogens (tertiary/aromatic N) is 3. The van der Waals surface area contributed by atoms with Gasteiger partial charge in [0.1, 0.15) is 11.5 Å². The lowest BCUT2D eigenvalue weighted by Crippen LogP contribution is -1.99. The Bertz CT molecular complexity index is 1060. The van der Waals surface area contributed by atoms with E-state index in [1.54, 1.807) is 18.9 Å². The summed E-state index contributed by atoms with van der Waals surface area (Å²) in [4.78, 5) is 0. The normalized spacial score (nSPS) is 11.2. The van der Waals surface area contributed by atoms with E-state index in [4.69, 9.17) is 9.47 Å². The SMILES string of the molecule is COc1ccc2c(C)cc3nnc(SCCCOc4ccccc4)n3c2c1. The lowest BCUT2D eigenvalue weighted by molar-refractivity contribution is 0.318. The van der Waals surface area contributed by atoms with Gasteiger partial charge in [0.05, 0.1) is 19.2 Å². The van der Waals surface area contributed by atoms with Gasteiger partial charge in [-0.15, -0.1) is 10.2 Å². The highest BCUT2D eigenvalue weighted by Gasteiger charge is 2.12. The maximum absolute atomic E-state index is 5.76. The number of aromatic nitrogens is 3. The summed E-state index contributed by atoms with van der Waals surface area (Å²) in [7, 11) is 1.68. The van der Waals surface area contributed by atoms with Crippen molar-refractivity contribution < 1.29 is 9.47 Å². The van der Waals surface area contributed by atoms with Crippen LogP contribution in [0.2, 0.25) is 0 Å². The summed E-state index contributed by atoms with van der Waals surface area (Å²) in [5.74, 6) is 2.65. The highest BCUT2D eigenvalue weighted by Crippen LogP contribution is 2.28. The van der Waals surface area contributed by atoms with Gasteiger partial charge in [-0.05, 0) is 49.2 Å². The highest BCUT2D eigenvalue weighted by molar-refractivity contribution is 7.99. The summed E-state index contributed by atoms with van der Waals surface area (Å²) >= 11 is 1.69. The van der Waals surface area contributed by atoms with Crippen molar-refractivity contribution in [2.75, 3.05) is 19.5 Å². The fourth-order valence-electron chi connectivity index (χ4n) is 3.05. The molecule has 0 atom stereocenters. The number of aryl methyl sites for hydroxylation is 1. The monoisotopic (exact) mass is 379 g/mol. The first-order valence-corrected chi connectivity index (χ1v) is 9.88. The Labute approximate surface area is 162 Å². The van der Waals surface area contributed by atoms with Crippen molar-refractivity contribution in [1.82, 2.24) is 14.6 Å². The Morgan fingerprint density at radius 1 is 1.00 bits per heavy atom. The summed E-state index contributed by atoms with van der Waals surface area (Å²) < 4.78 is 13.3. The lowest BCUT2D eigenvalue weighted by atomic mass is 10.1. The van der Waals surface area contributed by atoms with E-state index in [1.807, 2.05) is 42.5 Å². The van der Waals surface area contributed by atoms with Gasteiger partial charge in [0.15, 0.2) is 10.8 Å². The third-order valence-corrected chi connectivity index (χ3v) is 5.42.